The van der Waals surface area contributed by atoms with Crippen LogP contribution in [0.1, 0.15) is 39.7 Å². The van der Waals surface area contributed by atoms with E-state index in [0.29, 0.717) is 18.8 Å². The largest absolute Gasteiger partial charge is 0.394 e. The van der Waals surface area contributed by atoms with Gasteiger partial charge < -0.3 is 10.4 Å². The molecule has 1 aromatic rings. The summed E-state index contributed by atoms with van der Waals surface area (Å²) in [5, 5.41) is 12.3. The predicted molar refractivity (Wildman–Crippen MR) is 82.4 cm³/mol. The van der Waals surface area contributed by atoms with Crippen molar-refractivity contribution in [1.29, 1.82) is 0 Å². The Morgan fingerprint density at radius 2 is 1.85 bits per heavy atom. The fourth-order valence-corrected chi connectivity index (χ4v) is 1.93. The number of nitrogens with one attached hydrogen (secondary N) is 1. The molecule has 0 radical (unpaired) electrons. The lowest BCUT2D eigenvalue weighted by molar-refractivity contribution is -0.123. The molecule has 112 valence electrons. The zero-order valence-corrected chi connectivity index (χ0v) is 13.0. The van der Waals surface area contributed by atoms with Crippen molar-refractivity contribution in [2.24, 2.45) is 11.3 Å². The van der Waals surface area contributed by atoms with E-state index in [0.717, 1.165) is 5.56 Å². The van der Waals surface area contributed by atoms with Crippen LogP contribution in [-0.4, -0.2) is 23.7 Å². The molecule has 0 heterocycles. The number of hydrogen-bond acceptors (Lipinski definition) is 2. The summed E-state index contributed by atoms with van der Waals surface area (Å²) < 4.78 is 0. The van der Waals surface area contributed by atoms with Crippen molar-refractivity contribution in [3.8, 4) is 0 Å². The first-order valence-corrected chi connectivity index (χ1v) is 7.27. The van der Waals surface area contributed by atoms with Crippen molar-refractivity contribution >= 4 is 5.91 Å². The molecule has 0 bridgehead atoms. The van der Waals surface area contributed by atoms with Crippen molar-refractivity contribution in [1.82, 2.24) is 5.32 Å². The van der Waals surface area contributed by atoms with Gasteiger partial charge in [0.15, 0.2) is 0 Å². The summed E-state index contributed by atoms with van der Waals surface area (Å²) in [6, 6.07) is 9.69. The van der Waals surface area contributed by atoms with Crippen LogP contribution in [0.3, 0.4) is 0 Å². The van der Waals surface area contributed by atoms with Gasteiger partial charge in [-0.25, -0.2) is 0 Å². The summed E-state index contributed by atoms with van der Waals surface area (Å²) in [6.07, 6.45) is 1.15. The van der Waals surface area contributed by atoms with E-state index in [1.807, 2.05) is 30.3 Å². The number of carbonyl (C=O) groups excluding carboxylic acids is 1. The molecular formula is C17H27NO2. The maximum absolute atomic E-state index is 12.0. The Balaban J connectivity index is 2.50. The number of hydrogen-bond donors (Lipinski definition) is 2. The topological polar surface area (TPSA) is 49.3 Å². The smallest absolute Gasteiger partial charge is 0.220 e. The summed E-state index contributed by atoms with van der Waals surface area (Å²) in [7, 11) is 0. The molecule has 0 aliphatic carbocycles. The van der Waals surface area contributed by atoms with Gasteiger partial charge in [0.1, 0.15) is 0 Å². The Hall–Kier alpha value is -1.35. The molecule has 0 spiro atoms. The highest BCUT2D eigenvalue weighted by Crippen LogP contribution is 2.27. The molecule has 0 aromatic heterocycles. The van der Waals surface area contributed by atoms with Crippen LogP contribution in [0, 0.1) is 11.3 Å². The minimum atomic E-state index is -0.211. The average Bonchev–Trinajstić information content (AvgIpc) is 2.37. The molecule has 3 nitrogen and oxygen atoms in total. The van der Waals surface area contributed by atoms with Gasteiger partial charge in [-0.3, -0.25) is 4.79 Å². The number of amides is 1. The van der Waals surface area contributed by atoms with Gasteiger partial charge in [0, 0.05) is 6.42 Å². The SMILES string of the molecule is CC(CC(=O)N[C@@H](CO)Cc1ccccc1)C(C)(C)C. The third-order valence-corrected chi connectivity index (χ3v) is 3.88. The highest BCUT2D eigenvalue weighted by molar-refractivity contribution is 5.76. The lowest BCUT2D eigenvalue weighted by Crippen LogP contribution is -2.40. The lowest BCUT2D eigenvalue weighted by Gasteiger charge is -2.27. The van der Waals surface area contributed by atoms with Crippen LogP contribution in [0.15, 0.2) is 30.3 Å². The molecular weight excluding hydrogens is 250 g/mol. The second-order valence-electron chi connectivity index (χ2n) is 6.61. The van der Waals surface area contributed by atoms with Gasteiger partial charge in [0.2, 0.25) is 5.91 Å². The zero-order chi connectivity index (χ0) is 15.2. The van der Waals surface area contributed by atoms with Gasteiger partial charge in [-0.1, -0.05) is 58.0 Å². The lowest BCUT2D eigenvalue weighted by atomic mass is 9.80. The maximum Gasteiger partial charge on any atom is 0.220 e. The van der Waals surface area contributed by atoms with Crippen molar-refractivity contribution < 1.29 is 9.90 Å². The Kier molecular flexibility index (Phi) is 6.21. The van der Waals surface area contributed by atoms with E-state index in [1.54, 1.807) is 0 Å². The van der Waals surface area contributed by atoms with Crippen LogP contribution in [0.4, 0.5) is 0 Å². The number of benzene rings is 1. The van der Waals surface area contributed by atoms with Crippen molar-refractivity contribution in [2.75, 3.05) is 6.61 Å². The summed E-state index contributed by atoms with van der Waals surface area (Å²) in [4.78, 5) is 12.0. The first-order valence-electron chi connectivity index (χ1n) is 7.27. The monoisotopic (exact) mass is 277 g/mol. The first kappa shape index (κ1) is 16.7. The van der Waals surface area contributed by atoms with E-state index in [-0.39, 0.29) is 24.0 Å². The van der Waals surface area contributed by atoms with Crippen LogP contribution < -0.4 is 5.32 Å². The predicted octanol–water partition coefficient (Wildman–Crippen LogP) is 2.78. The molecule has 0 fully saturated rings. The molecule has 3 heteroatoms. The Morgan fingerprint density at radius 3 is 2.35 bits per heavy atom. The van der Waals surface area contributed by atoms with E-state index in [2.05, 4.69) is 33.0 Å². The summed E-state index contributed by atoms with van der Waals surface area (Å²) >= 11 is 0. The molecule has 0 aliphatic heterocycles. The van der Waals surface area contributed by atoms with Gasteiger partial charge in [-0.15, -0.1) is 0 Å². The Bertz CT molecular complexity index is 409. The third kappa shape index (κ3) is 5.74. The molecule has 1 aromatic carbocycles. The molecule has 1 amide bonds. The minimum absolute atomic E-state index is 0.0161. The highest BCUT2D eigenvalue weighted by Gasteiger charge is 2.23. The van der Waals surface area contributed by atoms with Gasteiger partial charge in [0.25, 0.3) is 0 Å². The van der Waals surface area contributed by atoms with Gasteiger partial charge in [-0.05, 0) is 23.3 Å². The minimum Gasteiger partial charge on any atom is -0.394 e. The Morgan fingerprint density at radius 1 is 1.25 bits per heavy atom. The molecule has 2 atom stereocenters. The van der Waals surface area contributed by atoms with Crippen LogP contribution in [0.25, 0.3) is 0 Å². The fourth-order valence-electron chi connectivity index (χ4n) is 1.93. The molecule has 1 rings (SSSR count). The van der Waals surface area contributed by atoms with E-state index < -0.39 is 0 Å². The average molecular weight is 277 g/mol. The van der Waals surface area contributed by atoms with Crippen molar-refractivity contribution in [2.45, 2.75) is 46.6 Å². The van der Waals surface area contributed by atoms with Crippen molar-refractivity contribution in [3.63, 3.8) is 0 Å². The van der Waals surface area contributed by atoms with Gasteiger partial charge >= 0.3 is 0 Å². The summed E-state index contributed by atoms with van der Waals surface area (Å²) in [5.74, 6) is 0.320. The summed E-state index contributed by atoms with van der Waals surface area (Å²) in [6.45, 7) is 8.46. The maximum atomic E-state index is 12.0. The van der Waals surface area contributed by atoms with Crippen molar-refractivity contribution in [3.05, 3.63) is 35.9 Å². The second-order valence-corrected chi connectivity index (χ2v) is 6.61. The number of rotatable bonds is 6. The number of carbonyl (C=O) groups is 1. The van der Waals surface area contributed by atoms with Crippen LogP contribution >= 0.6 is 0 Å². The molecule has 1 unspecified atom stereocenters. The number of aliphatic hydroxyl groups excluding tert-OH is 1. The van der Waals surface area contributed by atoms with Crippen LogP contribution in [-0.2, 0) is 11.2 Å². The van der Waals surface area contributed by atoms with E-state index in [9.17, 15) is 9.90 Å². The molecule has 0 saturated heterocycles. The Labute approximate surface area is 122 Å². The molecule has 2 N–H and O–H groups in total. The van der Waals surface area contributed by atoms with Crippen LogP contribution in [0.5, 0.6) is 0 Å². The molecule has 0 saturated carbocycles. The van der Waals surface area contributed by atoms with E-state index in [4.69, 9.17) is 0 Å². The third-order valence-electron chi connectivity index (χ3n) is 3.88. The van der Waals surface area contributed by atoms with Crippen LogP contribution in [0.2, 0.25) is 0 Å². The zero-order valence-electron chi connectivity index (χ0n) is 13.0. The van der Waals surface area contributed by atoms with E-state index >= 15 is 0 Å². The molecule has 0 aliphatic rings. The normalized spacial score (nSPS) is 14.7. The summed E-state index contributed by atoms with van der Waals surface area (Å²) in [5.41, 5.74) is 1.24. The first-order chi connectivity index (χ1) is 9.32. The highest BCUT2D eigenvalue weighted by atomic mass is 16.3. The number of aliphatic hydroxyl groups is 1. The standard InChI is InChI=1S/C17H27NO2/c1-13(17(2,3)4)10-16(20)18-15(12-19)11-14-8-6-5-7-9-14/h5-9,13,15,19H,10-12H2,1-4H3,(H,18,20)/t13?,15-/m1/s1. The van der Waals surface area contributed by atoms with E-state index in [1.165, 1.54) is 0 Å². The second kappa shape index (κ2) is 7.44. The van der Waals surface area contributed by atoms with Gasteiger partial charge in [0.05, 0.1) is 12.6 Å². The molecule has 20 heavy (non-hydrogen) atoms. The van der Waals surface area contributed by atoms with Gasteiger partial charge in [-0.2, -0.15) is 0 Å². The fraction of sp³-hybridized carbons (Fsp3) is 0.588. The quantitative estimate of drug-likeness (QED) is 0.840.